The molecule has 0 unspecified atom stereocenters. The van der Waals surface area contributed by atoms with Crippen LogP contribution in [0.1, 0.15) is 11.3 Å². The molecule has 1 aromatic heterocycles. The highest BCUT2D eigenvalue weighted by Crippen LogP contribution is 2.03. The van der Waals surface area contributed by atoms with Gasteiger partial charge in [-0.15, -0.1) is 0 Å². The van der Waals surface area contributed by atoms with Crippen LogP contribution in [0.25, 0.3) is 0 Å². The SMILES string of the molecule is COCn1cc(CN)c(C)n1. The number of rotatable bonds is 3. The Hall–Kier alpha value is -0.870. The standard InChI is InChI=1S/C7H13N3O/c1-6-7(3-8)4-10(9-6)5-11-2/h4H,3,5,8H2,1-2H3. The molecule has 0 radical (unpaired) electrons. The van der Waals surface area contributed by atoms with E-state index in [0.717, 1.165) is 11.3 Å². The van der Waals surface area contributed by atoms with Gasteiger partial charge in [0, 0.05) is 25.4 Å². The summed E-state index contributed by atoms with van der Waals surface area (Å²) in [6.07, 6.45) is 1.90. The number of hydrogen-bond donors (Lipinski definition) is 1. The first-order valence-corrected chi connectivity index (χ1v) is 3.50. The summed E-state index contributed by atoms with van der Waals surface area (Å²) in [4.78, 5) is 0. The third-order valence-corrected chi connectivity index (χ3v) is 1.53. The van der Waals surface area contributed by atoms with Gasteiger partial charge in [-0.05, 0) is 6.92 Å². The summed E-state index contributed by atoms with van der Waals surface area (Å²) in [6, 6.07) is 0. The molecular formula is C7H13N3O. The lowest BCUT2D eigenvalue weighted by Gasteiger charge is -1.95. The molecule has 4 nitrogen and oxygen atoms in total. The number of methoxy groups -OCH3 is 1. The van der Waals surface area contributed by atoms with Crippen molar-refractivity contribution in [2.75, 3.05) is 7.11 Å². The largest absolute Gasteiger partial charge is 0.362 e. The molecule has 2 N–H and O–H groups in total. The molecule has 4 heteroatoms. The minimum atomic E-state index is 0.487. The van der Waals surface area contributed by atoms with Crippen LogP contribution in [0.4, 0.5) is 0 Å². The molecule has 0 aliphatic rings. The van der Waals surface area contributed by atoms with E-state index in [1.54, 1.807) is 11.8 Å². The Morgan fingerprint density at radius 2 is 2.45 bits per heavy atom. The maximum Gasteiger partial charge on any atom is 0.138 e. The van der Waals surface area contributed by atoms with Crippen LogP contribution in [0.2, 0.25) is 0 Å². The zero-order chi connectivity index (χ0) is 8.27. The number of hydrogen-bond acceptors (Lipinski definition) is 3. The van der Waals surface area contributed by atoms with Crippen LogP contribution < -0.4 is 5.73 Å². The molecule has 62 valence electrons. The van der Waals surface area contributed by atoms with Crippen molar-refractivity contribution < 1.29 is 4.74 Å². The van der Waals surface area contributed by atoms with Crippen molar-refractivity contribution in [3.63, 3.8) is 0 Å². The predicted octanol–water partition coefficient (Wildman–Crippen LogP) is 0.254. The fourth-order valence-electron chi connectivity index (χ4n) is 0.958. The molecule has 11 heavy (non-hydrogen) atoms. The maximum absolute atomic E-state index is 5.47. The Morgan fingerprint density at radius 3 is 2.91 bits per heavy atom. The number of ether oxygens (including phenoxy) is 1. The Kier molecular flexibility index (Phi) is 2.62. The molecule has 1 aromatic rings. The van der Waals surface area contributed by atoms with Crippen LogP contribution >= 0.6 is 0 Å². The minimum Gasteiger partial charge on any atom is -0.362 e. The average molecular weight is 155 g/mol. The van der Waals surface area contributed by atoms with Crippen LogP contribution in [-0.4, -0.2) is 16.9 Å². The molecule has 1 rings (SSSR count). The Labute approximate surface area is 66.0 Å². The molecular weight excluding hydrogens is 142 g/mol. The first-order chi connectivity index (χ1) is 5.27. The molecule has 0 amide bonds. The Morgan fingerprint density at radius 1 is 1.73 bits per heavy atom. The second kappa shape index (κ2) is 3.50. The first-order valence-electron chi connectivity index (χ1n) is 3.50. The fourth-order valence-corrected chi connectivity index (χ4v) is 0.958. The van der Waals surface area contributed by atoms with E-state index in [4.69, 9.17) is 10.5 Å². The van der Waals surface area contributed by atoms with E-state index in [1.807, 2.05) is 13.1 Å². The molecule has 0 aliphatic carbocycles. The molecule has 0 saturated carbocycles. The zero-order valence-corrected chi connectivity index (χ0v) is 6.87. The van der Waals surface area contributed by atoms with Gasteiger partial charge in [0.25, 0.3) is 0 Å². The summed E-state index contributed by atoms with van der Waals surface area (Å²) < 4.78 is 6.63. The van der Waals surface area contributed by atoms with E-state index >= 15 is 0 Å². The van der Waals surface area contributed by atoms with Crippen molar-refractivity contribution in [2.45, 2.75) is 20.2 Å². The summed E-state index contributed by atoms with van der Waals surface area (Å²) in [5.41, 5.74) is 7.51. The lowest BCUT2D eigenvalue weighted by Crippen LogP contribution is -1.99. The lowest BCUT2D eigenvalue weighted by atomic mass is 10.3. The summed E-state index contributed by atoms with van der Waals surface area (Å²) >= 11 is 0. The van der Waals surface area contributed by atoms with Crippen molar-refractivity contribution in [1.29, 1.82) is 0 Å². The quantitative estimate of drug-likeness (QED) is 0.681. The molecule has 0 aliphatic heterocycles. The van der Waals surface area contributed by atoms with Gasteiger partial charge in [0.15, 0.2) is 0 Å². The van der Waals surface area contributed by atoms with E-state index in [-0.39, 0.29) is 0 Å². The van der Waals surface area contributed by atoms with Gasteiger partial charge in [0.05, 0.1) is 5.69 Å². The number of aryl methyl sites for hydroxylation is 1. The van der Waals surface area contributed by atoms with E-state index in [1.165, 1.54) is 0 Å². The molecule has 0 fully saturated rings. The van der Waals surface area contributed by atoms with Gasteiger partial charge in [0.1, 0.15) is 6.73 Å². The molecule has 0 aromatic carbocycles. The predicted molar refractivity (Wildman–Crippen MR) is 41.9 cm³/mol. The average Bonchev–Trinajstić information content (AvgIpc) is 2.32. The van der Waals surface area contributed by atoms with Gasteiger partial charge in [-0.2, -0.15) is 5.10 Å². The third-order valence-electron chi connectivity index (χ3n) is 1.53. The van der Waals surface area contributed by atoms with Crippen molar-refractivity contribution in [3.05, 3.63) is 17.5 Å². The van der Waals surface area contributed by atoms with Gasteiger partial charge in [-0.1, -0.05) is 0 Å². The summed E-state index contributed by atoms with van der Waals surface area (Å²) in [7, 11) is 1.64. The number of nitrogens with two attached hydrogens (primary N) is 1. The highest BCUT2D eigenvalue weighted by molar-refractivity contribution is 5.14. The Bertz CT molecular complexity index is 232. The maximum atomic E-state index is 5.47. The van der Waals surface area contributed by atoms with Crippen LogP contribution in [0.3, 0.4) is 0 Å². The van der Waals surface area contributed by atoms with E-state index in [0.29, 0.717) is 13.3 Å². The van der Waals surface area contributed by atoms with Crippen molar-refractivity contribution in [3.8, 4) is 0 Å². The van der Waals surface area contributed by atoms with Crippen molar-refractivity contribution in [2.24, 2.45) is 5.73 Å². The molecule has 0 spiro atoms. The molecule has 0 saturated heterocycles. The molecule has 0 bridgehead atoms. The zero-order valence-electron chi connectivity index (χ0n) is 6.87. The molecule has 0 atom stereocenters. The van der Waals surface area contributed by atoms with Gasteiger partial charge >= 0.3 is 0 Å². The normalized spacial score (nSPS) is 10.5. The first kappa shape index (κ1) is 8.23. The van der Waals surface area contributed by atoms with E-state index in [9.17, 15) is 0 Å². The third kappa shape index (κ3) is 1.78. The topological polar surface area (TPSA) is 53.1 Å². The Balaban J connectivity index is 2.77. The minimum absolute atomic E-state index is 0.487. The summed E-state index contributed by atoms with van der Waals surface area (Å²) in [5.74, 6) is 0. The van der Waals surface area contributed by atoms with Gasteiger partial charge in [-0.3, -0.25) is 0 Å². The fraction of sp³-hybridized carbons (Fsp3) is 0.571. The van der Waals surface area contributed by atoms with Gasteiger partial charge in [0.2, 0.25) is 0 Å². The second-order valence-electron chi connectivity index (χ2n) is 2.40. The summed E-state index contributed by atoms with van der Waals surface area (Å²) in [6.45, 7) is 2.96. The van der Waals surface area contributed by atoms with Gasteiger partial charge in [-0.25, -0.2) is 4.68 Å². The van der Waals surface area contributed by atoms with Crippen LogP contribution in [0, 0.1) is 6.92 Å². The monoisotopic (exact) mass is 155 g/mol. The number of nitrogens with zero attached hydrogens (tertiary/aromatic N) is 2. The van der Waals surface area contributed by atoms with Crippen LogP contribution in [-0.2, 0) is 18.0 Å². The second-order valence-corrected chi connectivity index (χ2v) is 2.40. The van der Waals surface area contributed by atoms with Crippen LogP contribution in [0.5, 0.6) is 0 Å². The smallest absolute Gasteiger partial charge is 0.138 e. The highest BCUT2D eigenvalue weighted by Gasteiger charge is 2.00. The highest BCUT2D eigenvalue weighted by atomic mass is 16.5. The van der Waals surface area contributed by atoms with E-state index in [2.05, 4.69) is 5.10 Å². The lowest BCUT2D eigenvalue weighted by molar-refractivity contribution is 0.120. The molecule has 1 heterocycles. The van der Waals surface area contributed by atoms with Crippen LogP contribution in [0.15, 0.2) is 6.20 Å². The summed E-state index contributed by atoms with van der Waals surface area (Å²) in [5, 5.41) is 4.18. The van der Waals surface area contributed by atoms with Gasteiger partial charge < -0.3 is 10.5 Å². The van der Waals surface area contributed by atoms with E-state index < -0.39 is 0 Å². The van der Waals surface area contributed by atoms with Crippen molar-refractivity contribution >= 4 is 0 Å². The number of aromatic nitrogens is 2. The van der Waals surface area contributed by atoms with Crippen molar-refractivity contribution in [1.82, 2.24) is 9.78 Å².